The molecule has 1 aromatic heterocycles. The molecule has 0 aliphatic heterocycles. The molecule has 3 rings (SSSR count). The highest BCUT2D eigenvalue weighted by Gasteiger charge is 2.15. The lowest BCUT2D eigenvalue weighted by Crippen LogP contribution is -2.37. The van der Waals surface area contributed by atoms with Crippen LogP contribution in [-0.4, -0.2) is 5.78 Å². The molecule has 2 aromatic carbocycles. The van der Waals surface area contributed by atoms with Crippen molar-refractivity contribution in [1.82, 2.24) is 0 Å². The first kappa shape index (κ1) is 19.5. The zero-order valence-electron chi connectivity index (χ0n) is 13.4. The fourth-order valence-electron chi connectivity index (χ4n) is 2.51. The van der Waals surface area contributed by atoms with Crippen molar-refractivity contribution >= 4 is 41.4 Å². The van der Waals surface area contributed by atoms with E-state index < -0.39 is 0 Å². The van der Waals surface area contributed by atoms with Gasteiger partial charge in [0.05, 0.1) is 5.02 Å². The summed E-state index contributed by atoms with van der Waals surface area (Å²) in [7, 11) is 0. The lowest BCUT2D eigenvalue weighted by atomic mass is 10.1. The third kappa shape index (κ3) is 5.30. The van der Waals surface area contributed by atoms with Gasteiger partial charge in [0, 0.05) is 22.7 Å². The van der Waals surface area contributed by atoms with Crippen LogP contribution in [0.5, 0.6) is 0 Å². The summed E-state index contributed by atoms with van der Waals surface area (Å²) in [6.45, 7) is 0.243. The number of nitrogens with zero attached hydrogens (tertiary/aromatic N) is 1. The predicted octanol–water partition coefficient (Wildman–Crippen LogP) is 5.18. The number of aromatic nitrogens is 1. The minimum atomic E-state index is -0.0440. The molecular weight excluding hydrogens is 377 g/mol. The number of benzene rings is 2. The average molecular weight is 394 g/mol. The number of carbonyl (C=O) groups excluding carboxylic acids is 1. The van der Waals surface area contributed by atoms with Gasteiger partial charge < -0.3 is 0 Å². The maximum Gasteiger partial charge on any atom is 0.229 e. The van der Waals surface area contributed by atoms with Crippen LogP contribution in [0.3, 0.4) is 0 Å². The van der Waals surface area contributed by atoms with E-state index in [2.05, 4.69) is 12.1 Å². The first-order chi connectivity index (χ1) is 11.6. The van der Waals surface area contributed by atoms with Crippen LogP contribution < -0.4 is 4.57 Å². The van der Waals surface area contributed by atoms with Crippen molar-refractivity contribution in [2.24, 2.45) is 0 Å². The molecular formula is C20H17Cl3NO+. The second-order valence-corrected chi connectivity index (χ2v) is 6.43. The predicted molar refractivity (Wildman–Crippen MR) is 104 cm³/mol. The van der Waals surface area contributed by atoms with Crippen molar-refractivity contribution < 1.29 is 9.36 Å². The van der Waals surface area contributed by atoms with Gasteiger partial charge in [-0.05, 0) is 35.7 Å². The monoisotopic (exact) mass is 392 g/mol. The molecule has 2 nitrogen and oxygen atoms in total. The van der Waals surface area contributed by atoms with Gasteiger partial charge in [0.1, 0.15) is 0 Å². The Morgan fingerprint density at radius 1 is 0.880 bits per heavy atom. The second-order valence-electron chi connectivity index (χ2n) is 5.59. The first-order valence-corrected chi connectivity index (χ1v) is 8.37. The molecule has 0 atom stereocenters. The number of hydrogen-bond donors (Lipinski definition) is 0. The molecule has 0 unspecified atom stereocenters. The van der Waals surface area contributed by atoms with Crippen molar-refractivity contribution in [2.45, 2.75) is 13.0 Å². The SMILES string of the molecule is Cl.O=C(C[n+]1ccc(Cc2ccccc2)cc1)c1ccc(Cl)cc1Cl. The molecule has 0 saturated carbocycles. The van der Waals surface area contributed by atoms with Crippen LogP contribution in [0, 0.1) is 0 Å². The topological polar surface area (TPSA) is 20.9 Å². The Kier molecular flexibility index (Phi) is 7.01. The number of halogens is 3. The van der Waals surface area contributed by atoms with Crippen LogP contribution in [0.1, 0.15) is 21.5 Å². The lowest BCUT2D eigenvalue weighted by molar-refractivity contribution is -0.683. The molecule has 0 spiro atoms. The Balaban J connectivity index is 0.00000225. The Morgan fingerprint density at radius 3 is 2.16 bits per heavy atom. The van der Waals surface area contributed by atoms with Gasteiger partial charge in [-0.2, -0.15) is 4.57 Å². The molecule has 0 bridgehead atoms. The second kappa shape index (κ2) is 9.00. The van der Waals surface area contributed by atoms with Crippen LogP contribution in [-0.2, 0) is 13.0 Å². The average Bonchev–Trinajstić information content (AvgIpc) is 2.57. The Bertz CT molecular complexity index is 849. The molecule has 0 aliphatic carbocycles. The Labute approximate surface area is 163 Å². The molecule has 1 heterocycles. The number of hydrogen-bond acceptors (Lipinski definition) is 1. The van der Waals surface area contributed by atoms with Gasteiger partial charge in [-0.25, -0.2) is 0 Å². The van der Waals surface area contributed by atoms with Crippen LogP contribution in [0.15, 0.2) is 73.1 Å². The van der Waals surface area contributed by atoms with E-state index in [1.807, 2.05) is 47.3 Å². The quantitative estimate of drug-likeness (QED) is 0.432. The van der Waals surface area contributed by atoms with E-state index >= 15 is 0 Å². The Morgan fingerprint density at radius 2 is 1.52 bits per heavy atom. The third-order valence-electron chi connectivity index (χ3n) is 3.77. The highest BCUT2D eigenvalue weighted by atomic mass is 35.5. The summed E-state index contributed by atoms with van der Waals surface area (Å²) in [5, 5.41) is 0.906. The van der Waals surface area contributed by atoms with Crippen LogP contribution in [0.2, 0.25) is 10.0 Å². The maximum absolute atomic E-state index is 12.4. The number of carbonyl (C=O) groups is 1. The van der Waals surface area contributed by atoms with Gasteiger partial charge >= 0.3 is 0 Å². The fraction of sp³-hybridized carbons (Fsp3) is 0.100. The maximum atomic E-state index is 12.4. The van der Waals surface area contributed by atoms with E-state index in [-0.39, 0.29) is 24.7 Å². The zero-order chi connectivity index (χ0) is 16.9. The van der Waals surface area contributed by atoms with Gasteiger partial charge in [0.15, 0.2) is 12.4 Å². The number of rotatable bonds is 5. The molecule has 25 heavy (non-hydrogen) atoms. The lowest BCUT2D eigenvalue weighted by Gasteiger charge is -2.03. The minimum absolute atomic E-state index is 0. The summed E-state index contributed by atoms with van der Waals surface area (Å²) in [5.74, 6) is -0.0440. The fourth-order valence-corrected chi connectivity index (χ4v) is 3.02. The molecule has 0 amide bonds. The molecule has 0 N–H and O–H groups in total. The summed E-state index contributed by atoms with van der Waals surface area (Å²) >= 11 is 12.0. The Hall–Kier alpha value is -1.87. The van der Waals surface area contributed by atoms with Crippen molar-refractivity contribution in [2.75, 3.05) is 0 Å². The summed E-state index contributed by atoms with van der Waals surface area (Å²) in [6.07, 6.45) is 4.71. The standard InChI is InChI=1S/C20H16Cl2NO.ClH/c21-17-6-7-18(19(22)13-17)20(24)14-23-10-8-16(9-11-23)12-15-4-2-1-3-5-15;/h1-11,13H,12,14H2;1H/q+1;. The first-order valence-electron chi connectivity index (χ1n) is 7.62. The van der Waals surface area contributed by atoms with E-state index in [1.54, 1.807) is 18.2 Å². The summed E-state index contributed by atoms with van der Waals surface area (Å²) in [5.41, 5.74) is 2.95. The molecule has 0 radical (unpaired) electrons. The molecule has 128 valence electrons. The highest BCUT2D eigenvalue weighted by Crippen LogP contribution is 2.21. The van der Waals surface area contributed by atoms with Crippen molar-refractivity contribution in [3.8, 4) is 0 Å². The van der Waals surface area contributed by atoms with Gasteiger partial charge in [0.25, 0.3) is 0 Å². The van der Waals surface area contributed by atoms with Crippen molar-refractivity contribution in [1.29, 1.82) is 0 Å². The smallest absolute Gasteiger partial charge is 0.229 e. The third-order valence-corrected chi connectivity index (χ3v) is 4.32. The molecule has 3 aromatic rings. The van der Waals surface area contributed by atoms with Crippen molar-refractivity contribution in [3.63, 3.8) is 0 Å². The summed E-state index contributed by atoms with van der Waals surface area (Å²) in [4.78, 5) is 12.4. The largest absolute Gasteiger partial charge is 0.287 e. The van der Waals surface area contributed by atoms with E-state index in [4.69, 9.17) is 23.2 Å². The number of Topliss-reactive ketones (excluding diaryl/α,β-unsaturated/α-hetero) is 1. The van der Waals surface area contributed by atoms with E-state index in [9.17, 15) is 4.79 Å². The van der Waals surface area contributed by atoms with Crippen LogP contribution in [0.25, 0.3) is 0 Å². The van der Waals surface area contributed by atoms with E-state index in [0.29, 0.717) is 15.6 Å². The van der Waals surface area contributed by atoms with Gasteiger partial charge in [-0.3, -0.25) is 4.79 Å². The molecule has 0 fully saturated rings. The van der Waals surface area contributed by atoms with Gasteiger partial charge in [0.2, 0.25) is 12.3 Å². The summed E-state index contributed by atoms with van der Waals surface area (Å²) < 4.78 is 1.85. The normalized spacial score (nSPS) is 10.2. The molecule has 0 aliphatic rings. The zero-order valence-corrected chi connectivity index (χ0v) is 15.7. The summed E-state index contributed by atoms with van der Waals surface area (Å²) in [6, 6.07) is 19.3. The van der Waals surface area contributed by atoms with E-state index in [0.717, 1.165) is 6.42 Å². The van der Waals surface area contributed by atoms with Crippen LogP contribution >= 0.6 is 35.6 Å². The van der Waals surface area contributed by atoms with Gasteiger partial charge in [-0.15, -0.1) is 12.4 Å². The van der Waals surface area contributed by atoms with Crippen molar-refractivity contribution in [3.05, 3.63) is 99.8 Å². The van der Waals surface area contributed by atoms with Crippen LogP contribution in [0.4, 0.5) is 0 Å². The number of pyridine rings is 1. The minimum Gasteiger partial charge on any atom is -0.287 e. The number of ketones is 1. The van der Waals surface area contributed by atoms with Gasteiger partial charge in [-0.1, -0.05) is 53.5 Å². The highest BCUT2D eigenvalue weighted by molar-refractivity contribution is 6.36. The van der Waals surface area contributed by atoms with E-state index in [1.165, 1.54) is 11.1 Å². The molecule has 0 saturated heterocycles. The molecule has 5 heteroatoms.